The monoisotopic (exact) mass is 370 g/mol. The van der Waals surface area contributed by atoms with Crippen molar-refractivity contribution in [3.05, 3.63) is 0 Å². The largest absolute Gasteiger partial charge is 0.466 e. The standard InChI is InChI=1S/C20H38N2O4/c1-16(2)11-17(14-21)12-18(23)25-9-6-10-26-19(24)13-20(15-22)7-4-3-5-8-20/h16-17H,3-15,21-22H2,1-2H3/t17-/m1/s1. The van der Waals surface area contributed by atoms with Gasteiger partial charge >= 0.3 is 11.9 Å². The molecule has 0 aromatic heterocycles. The topological polar surface area (TPSA) is 105 Å². The highest BCUT2D eigenvalue weighted by Crippen LogP contribution is 2.38. The van der Waals surface area contributed by atoms with Crippen molar-refractivity contribution in [1.82, 2.24) is 0 Å². The second kappa shape index (κ2) is 12.3. The minimum atomic E-state index is -0.225. The average Bonchev–Trinajstić information content (AvgIpc) is 2.61. The van der Waals surface area contributed by atoms with Gasteiger partial charge < -0.3 is 20.9 Å². The van der Waals surface area contributed by atoms with Gasteiger partial charge in [0.2, 0.25) is 0 Å². The van der Waals surface area contributed by atoms with Crippen molar-refractivity contribution in [3.63, 3.8) is 0 Å². The minimum absolute atomic E-state index is 0.0740. The van der Waals surface area contributed by atoms with Crippen molar-refractivity contribution >= 4 is 11.9 Å². The predicted octanol–water partition coefficient (Wildman–Crippen LogP) is 2.77. The maximum absolute atomic E-state index is 12.1. The fourth-order valence-corrected chi connectivity index (χ4v) is 3.77. The van der Waals surface area contributed by atoms with E-state index in [1.165, 1.54) is 6.42 Å². The van der Waals surface area contributed by atoms with E-state index in [9.17, 15) is 9.59 Å². The smallest absolute Gasteiger partial charge is 0.306 e. The first kappa shape index (κ1) is 22.9. The predicted molar refractivity (Wildman–Crippen MR) is 102 cm³/mol. The molecule has 1 aliphatic carbocycles. The lowest BCUT2D eigenvalue weighted by Gasteiger charge is -2.35. The zero-order chi connectivity index (χ0) is 19.4. The molecule has 0 spiro atoms. The number of ether oxygens (including phenoxy) is 2. The second-order valence-electron chi connectivity index (χ2n) is 8.17. The zero-order valence-corrected chi connectivity index (χ0v) is 16.6. The second-order valence-corrected chi connectivity index (χ2v) is 8.17. The third-order valence-electron chi connectivity index (χ3n) is 5.27. The van der Waals surface area contributed by atoms with Crippen LogP contribution in [-0.4, -0.2) is 38.2 Å². The summed E-state index contributed by atoms with van der Waals surface area (Å²) in [5.74, 6) is 0.264. The molecule has 0 aromatic rings. The van der Waals surface area contributed by atoms with E-state index < -0.39 is 0 Å². The molecule has 4 N–H and O–H groups in total. The van der Waals surface area contributed by atoms with Gasteiger partial charge in [0.05, 0.1) is 19.6 Å². The fourth-order valence-electron chi connectivity index (χ4n) is 3.77. The van der Waals surface area contributed by atoms with E-state index in [2.05, 4.69) is 13.8 Å². The number of carbonyl (C=O) groups excluding carboxylic acids is 2. The highest BCUT2D eigenvalue weighted by Gasteiger charge is 2.33. The van der Waals surface area contributed by atoms with Crippen molar-refractivity contribution in [1.29, 1.82) is 0 Å². The Morgan fingerprint density at radius 2 is 1.62 bits per heavy atom. The molecule has 0 heterocycles. The molecule has 0 unspecified atom stereocenters. The number of hydrogen-bond acceptors (Lipinski definition) is 6. The Labute approximate surface area is 158 Å². The van der Waals surface area contributed by atoms with Crippen LogP contribution in [0.2, 0.25) is 0 Å². The highest BCUT2D eigenvalue weighted by atomic mass is 16.5. The third-order valence-corrected chi connectivity index (χ3v) is 5.27. The lowest BCUT2D eigenvalue weighted by atomic mass is 9.72. The molecule has 0 amide bonds. The Morgan fingerprint density at radius 3 is 2.15 bits per heavy atom. The van der Waals surface area contributed by atoms with Crippen LogP contribution in [0.3, 0.4) is 0 Å². The van der Waals surface area contributed by atoms with Crippen LogP contribution < -0.4 is 11.5 Å². The number of hydrogen-bond donors (Lipinski definition) is 2. The van der Waals surface area contributed by atoms with Crippen molar-refractivity contribution in [3.8, 4) is 0 Å². The van der Waals surface area contributed by atoms with E-state index in [0.717, 1.165) is 32.1 Å². The molecule has 1 rings (SSSR count). The third kappa shape index (κ3) is 8.99. The summed E-state index contributed by atoms with van der Waals surface area (Å²) in [6, 6.07) is 0. The summed E-state index contributed by atoms with van der Waals surface area (Å²) >= 11 is 0. The van der Waals surface area contributed by atoms with Crippen molar-refractivity contribution in [2.45, 2.75) is 71.6 Å². The van der Waals surface area contributed by atoms with Gasteiger partial charge in [0, 0.05) is 12.8 Å². The maximum Gasteiger partial charge on any atom is 0.306 e. The normalized spacial score (nSPS) is 17.7. The molecule has 1 saturated carbocycles. The van der Waals surface area contributed by atoms with Crippen molar-refractivity contribution in [2.75, 3.05) is 26.3 Å². The summed E-state index contributed by atoms with van der Waals surface area (Å²) in [7, 11) is 0. The first-order valence-corrected chi connectivity index (χ1v) is 10.1. The molecule has 1 aliphatic rings. The van der Waals surface area contributed by atoms with Crippen molar-refractivity contribution in [2.24, 2.45) is 28.7 Å². The molecule has 0 saturated heterocycles. The summed E-state index contributed by atoms with van der Waals surface area (Å²) in [5.41, 5.74) is 11.5. The Hall–Kier alpha value is -1.14. The van der Waals surface area contributed by atoms with Gasteiger partial charge in [-0.05, 0) is 49.6 Å². The Kier molecular flexibility index (Phi) is 10.8. The summed E-state index contributed by atoms with van der Waals surface area (Å²) < 4.78 is 10.5. The van der Waals surface area contributed by atoms with Crippen LogP contribution in [0.4, 0.5) is 0 Å². The first-order valence-electron chi connectivity index (χ1n) is 10.1. The van der Waals surface area contributed by atoms with Crippen LogP contribution in [-0.2, 0) is 19.1 Å². The van der Waals surface area contributed by atoms with Gasteiger partial charge in [-0.3, -0.25) is 9.59 Å². The number of rotatable bonds is 12. The molecule has 152 valence electrons. The molecule has 1 fully saturated rings. The van der Waals surface area contributed by atoms with Crippen LogP contribution in [0.25, 0.3) is 0 Å². The molecule has 6 nitrogen and oxygen atoms in total. The van der Waals surface area contributed by atoms with Crippen LogP contribution in [0.1, 0.15) is 71.6 Å². The molecule has 26 heavy (non-hydrogen) atoms. The lowest BCUT2D eigenvalue weighted by molar-refractivity contribution is -0.148. The van der Waals surface area contributed by atoms with Gasteiger partial charge in [-0.2, -0.15) is 0 Å². The Balaban J connectivity index is 2.15. The molecule has 0 radical (unpaired) electrons. The summed E-state index contributed by atoms with van der Waals surface area (Å²) in [6.45, 7) is 5.81. The van der Waals surface area contributed by atoms with E-state index in [1.807, 2.05) is 0 Å². The van der Waals surface area contributed by atoms with Crippen LogP contribution in [0.5, 0.6) is 0 Å². The number of esters is 2. The van der Waals surface area contributed by atoms with Crippen molar-refractivity contribution < 1.29 is 19.1 Å². The summed E-state index contributed by atoms with van der Waals surface area (Å²) in [5, 5.41) is 0. The van der Waals surface area contributed by atoms with Gasteiger partial charge in [0.25, 0.3) is 0 Å². The number of carbonyl (C=O) groups is 2. The molecule has 0 bridgehead atoms. The molecule has 0 aromatic carbocycles. The van der Waals surface area contributed by atoms with E-state index in [1.54, 1.807) is 0 Å². The fraction of sp³-hybridized carbons (Fsp3) is 0.900. The molecule has 0 aliphatic heterocycles. The van der Waals surface area contributed by atoms with Gasteiger partial charge in [0.1, 0.15) is 0 Å². The zero-order valence-electron chi connectivity index (χ0n) is 16.6. The maximum atomic E-state index is 12.1. The summed E-state index contributed by atoms with van der Waals surface area (Å²) in [6.07, 6.45) is 7.72. The summed E-state index contributed by atoms with van der Waals surface area (Å²) in [4.78, 5) is 23.9. The molecular formula is C20H38N2O4. The van der Waals surface area contributed by atoms with E-state index in [0.29, 0.717) is 38.3 Å². The Morgan fingerprint density at radius 1 is 1.00 bits per heavy atom. The number of nitrogens with two attached hydrogens (primary N) is 2. The minimum Gasteiger partial charge on any atom is -0.466 e. The van der Waals surface area contributed by atoms with Gasteiger partial charge in [-0.15, -0.1) is 0 Å². The lowest BCUT2D eigenvalue weighted by Crippen LogP contribution is -2.35. The van der Waals surface area contributed by atoms with E-state index >= 15 is 0 Å². The van der Waals surface area contributed by atoms with Gasteiger partial charge in [-0.25, -0.2) is 0 Å². The Bertz CT molecular complexity index is 420. The molecule has 6 heteroatoms. The van der Waals surface area contributed by atoms with E-state index in [-0.39, 0.29) is 36.5 Å². The average molecular weight is 371 g/mol. The quantitative estimate of drug-likeness (QED) is 0.404. The SMILES string of the molecule is CC(C)C[C@@H](CN)CC(=O)OCCCOC(=O)CC1(CN)CCCCC1. The van der Waals surface area contributed by atoms with Gasteiger partial charge in [-0.1, -0.05) is 33.1 Å². The van der Waals surface area contributed by atoms with Crippen LogP contribution in [0.15, 0.2) is 0 Å². The van der Waals surface area contributed by atoms with Crippen LogP contribution >= 0.6 is 0 Å². The van der Waals surface area contributed by atoms with E-state index in [4.69, 9.17) is 20.9 Å². The van der Waals surface area contributed by atoms with Crippen LogP contribution in [0, 0.1) is 17.3 Å². The first-order chi connectivity index (χ1) is 12.4. The molecule has 1 atom stereocenters. The molecular weight excluding hydrogens is 332 g/mol. The van der Waals surface area contributed by atoms with Gasteiger partial charge in [0.15, 0.2) is 0 Å². The highest BCUT2D eigenvalue weighted by molar-refractivity contribution is 5.70.